The van der Waals surface area contributed by atoms with Gasteiger partial charge in [0.15, 0.2) is 6.29 Å². The van der Waals surface area contributed by atoms with Gasteiger partial charge in [-0.3, -0.25) is 4.79 Å². The molecule has 2 aromatic rings. The zero-order chi connectivity index (χ0) is 32.2. The van der Waals surface area contributed by atoms with Crippen LogP contribution in [-0.4, -0.2) is 47.8 Å². The summed E-state index contributed by atoms with van der Waals surface area (Å²) in [6, 6.07) is 4.13. The first kappa shape index (κ1) is 40.7. The van der Waals surface area contributed by atoms with Crippen molar-refractivity contribution in [3.05, 3.63) is 58.3 Å². The molecule has 1 atom stereocenters. The van der Waals surface area contributed by atoms with Crippen LogP contribution in [0.2, 0.25) is 0 Å². The second kappa shape index (κ2) is 22.2. The third-order valence-electron chi connectivity index (χ3n) is 5.20. The lowest BCUT2D eigenvalue weighted by Crippen LogP contribution is -2.39. The van der Waals surface area contributed by atoms with Crippen LogP contribution in [0.5, 0.6) is 5.88 Å². The molecule has 0 spiro atoms. The predicted molar refractivity (Wildman–Crippen MR) is 162 cm³/mol. The van der Waals surface area contributed by atoms with Gasteiger partial charge in [-0.15, -0.1) is 0 Å². The second-order valence-corrected chi connectivity index (χ2v) is 11.7. The largest absolute Gasteiger partial charge is 0.417 e. The molecule has 5 nitrogen and oxygen atoms in total. The fourth-order valence-corrected chi connectivity index (χ4v) is 4.31. The minimum atomic E-state index is -2.93. The van der Waals surface area contributed by atoms with Crippen LogP contribution in [0, 0.1) is 31.4 Å². The summed E-state index contributed by atoms with van der Waals surface area (Å²) in [5, 5.41) is 3.32. The summed E-state index contributed by atoms with van der Waals surface area (Å²) >= 11 is 2.04. The number of pyridine rings is 1. The van der Waals surface area contributed by atoms with Crippen molar-refractivity contribution in [1.82, 2.24) is 10.3 Å². The van der Waals surface area contributed by atoms with Gasteiger partial charge in [0.05, 0.1) is 11.8 Å². The van der Waals surface area contributed by atoms with Crippen molar-refractivity contribution in [3.8, 4) is 5.88 Å². The Labute approximate surface area is 248 Å². The predicted octanol–water partition coefficient (Wildman–Crippen LogP) is 8.39. The first-order chi connectivity index (χ1) is 19.0. The molecule has 1 aromatic heterocycles. The minimum absolute atomic E-state index is 0.133. The van der Waals surface area contributed by atoms with E-state index in [2.05, 4.69) is 42.7 Å². The molecular formula is C31H48F4N2O3S. The van der Waals surface area contributed by atoms with Crippen molar-refractivity contribution < 1.29 is 31.9 Å². The molecule has 10 heteroatoms. The van der Waals surface area contributed by atoms with Crippen LogP contribution in [0.4, 0.5) is 17.6 Å². The average molecular weight is 605 g/mol. The topological polar surface area (TPSA) is 68.3 Å². The smallest absolute Gasteiger partial charge is 0.388 e. The van der Waals surface area contributed by atoms with Gasteiger partial charge in [-0.05, 0) is 95.0 Å². The summed E-state index contributed by atoms with van der Waals surface area (Å²) in [5.41, 5.74) is 2.73. The van der Waals surface area contributed by atoms with Gasteiger partial charge in [0, 0.05) is 17.4 Å². The molecule has 0 radical (unpaired) electrons. The van der Waals surface area contributed by atoms with E-state index in [4.69, 9.17) is 0 Å². The lowest BCUT2D eigenvalue weighted by Gasteiger charge is -2.20. The Bertz CT molecular complexity index is 1020. The summed E-state index contributed by atoms with van der Waals surface area (Å²) < 4.78 is 53.4. The molecule has 1 saturated heterocycles. The molecule has 1 aromatic carbocycles. The Balaban J connectivity index is 0. The monoisotopic (exact) mass is 604 g/mol. The molecule has 0 saturated carbocycles. The first-order valence-corrected chi connectivity index (χ1v) is 14.7. The normalized spacial score (nSPS) is 15.2. The number of nitrogens with zero attached hydrogens (tertiary/aromatic N) is 1. The lowest BCUT2D eigenvalue weighted by atomic mass is 10.0. The zero-order valence-corrected chi connectivity index (χ0v) is 27.0. The molecule has 1 unspecified atom stereocenters. The van der Waals surface area contributed by atoms with Gasteiger partial charge in [0.2, 0.25) is 5.88 Å². The molecule has 1 fully saturated rings. The molecule has 0 amide bonds. The van der Waals surface area contributed by atoms with E-state index in [-0.39, 0.29) is 17.2 Å². The number of aldehydes is 1. The van der Waals surface area contributed by atoms with E-state index in [0.717, 1.165) is 29.7 Å². The van der Waals surface area contributed by atoms with Gasteiger partial charge >= 0.3 is 6.61 Å². The third kappa shape index (κ3) is 21.0. The number of halogens is 4. The van der Waals surface area contributed by atoms with E-state index in [1.54, 1.807) is 6.07 Å². The van der Waals surface area contributed by atoms with Gasteiger partial charge in [0.1, 0.15) is 17.4 Å². The van der Waals surface area contributed by atoms with Crippen LogP contribution >= 0.6 is 11.8 Å². The summed E-state index contributed by atoms with van der Waals surface area (Å²) in [4.78, 5) is 23.1. The number of nitrogens with one attached hydrogen (secondary N) is 1. The number of thioether (sulfide) groups is 1. The van der Waals surface area contributed by atoms with Crippen molar-refractivity contribution >= 4 is 23.8 Å². The Hall–Kier alpha value is -2.46. The Morgan fingerprint density at radius 3 is 2.05 bits per heavy atom. The highest BCUT2D eigenvalue weighted by Gasteiger charge is 2.26. The highest BCUT2D eigenvalue weighted by molar-refractivity contribution is 7.99. The minimum Gasteiger partial charge on any atom is -0.417 e. The molecule has 234 valence electrons. The number of aromatic nitrogens is 1. The van der Waals surface area contributed by atoms with E-state index >= 15 is 0 Å². The van der Waals surface area contributed by atoms with Crippen molar-refractivity contribution in [2.45, 2.75) is 93.7 Å². The maximum absolute atomic E-state index is 13.0. The van der Waals surface area contributed by atoms with E-state index in [1.807, 2.05) is 39.6 Å². The van der Waals surface area contributed by atoms with Gasteiger partial charge in [-0.1, -0.05) is 34.1 Å². The van der Waals surface area contributed by atoms with Gasteiger partial charge in [0.25, 0.3) is 0 Å². The van der Waals surface area contributed by atoms with Crippen LogP contribution in [0.15, 0.2) is 24.4 Å². The lowest BCUT2D eigenvalue weighted by molar-refractivity contribution is -0.115. The van der Waals surface area contributed by atoms with Crippen LogP contribution in [0.25, 0.3) is 0 Å². The summed E-state index contributed by atoms with van der Waals surface area (Å²) in [5.74, 6) is 2.43. The molecule has 3 rings (SSSR count). The quantitative estimate of drug-likeness (QED) is 0.264. The maximum atomic E-state index is 13.0. The zero-order valence-electron chi connectivity index (χ0n) is 26.2. The third-order valence-corrected chi connectivity index (χ3v) is 6.54. The number of ether oxygens (including phenoxy) is 1. The van der Waals surface area contributed by atoms with Crippen LogP contribution < -0.4 is 10.1 Å². The molecule has 41 heavy (non-hydrogen) atoms. The molecule has 1 aliphatic heterocycles. The van der Waals surface area contributed by atoms with Gasteiger partial charge < -0.3 is 14.8 Å². The van der Waals surface area contributed by atoms with E-state index in [9.17, 15) is 27.2 Å². The fourth-order valence-electron chi connectivity index (χ4n) is 2.83. The number of hydrogen-bond donors (Lipinski definition) is 1. The van der Waals surface area contributed by atoms with Crippen LogP contribution in [0.1, 0.15) is 88.4 Å². The van der Waals surface area contributed by atoms with Crippen molar-refractivity contribution in [3.63, 3.8) is 0 Å². The van der Waals surface area contributed by atoms with E-state index in [0.29, 0.717) is 23.8 Å². The first-order valence-electron chi connectivity index (χ1n) is 13.6. The number of alkyl halides is 2. The number of carbonyl (C=O) groups excluding carboxylic acids is 2. The Kier molecular flexibility index (Phi) is 22.0. The summed E-state index contributed by atoms with van der Waals surface area (Å²) in [6.07, 6.45) is 3.96. The Morgan fingerprint density at radius 1 is 1.12 bits per heavy atom. The number of hydrogen-bond acceptors (Lipinski definition) is 6. The number of rotatable bonds is 6. The van der Waals surface area contributed by atoms with E-state index < -0.39 is 18.2 Å². The molecular weight excluding hydrogens is 556 g/mol. The highest BCUT2D eigenvalue weighted by atomic mass is 32.2. The van der Waals surface area contributed by atoms with Gasteiger partial charge in [-0.25, -0.2) is 13.8 Å². The molecule has 0 aliphatic carbocycles. The van der Waals surface area contributed by atoms with Crippen molar-refractivity contribution in [2.24, 2.45) is 5.92 Å². The number of benzene rings is 1. The van der Waals surface area contributed by atoms with Crippen LogP contribution in [-0.2, 0) is 11.2 Å². The summed E-state index contributed by atoms with van der Waals surface area (Å²) in [7, 11) is 2.05. The summed E-state index contributed by atoms with van der Waals surface area (Å²) in [6.45, 7) is 14.4. The molecule has 1 N–H and O–H groups in total. The van der Waals surface area contributed by atoms with Crippen LogP contribution in [0.3, 0.4) is 0 Å². The number of aryl methyl sites for hydroxylation is 3. The number of carbonyl (C=O) groups is 2. The molecule has 2 heterocycles. The highest BCUT2D eigenvalue weighted by Crippen LogP contribution is 2.26. The number of ketones is 1. The maximum Gasteiger partial charge on any atom is 0.388 e. The SMILES string of the molecule is CC(C)=O.CC(C)C.CCCc1cc(OC(F)F)ncc1F.CNC1(C)CCSC1.Cc1cc(F)c(C=O)cc1C. The fraction of sp³-hybridized carbons (Fsp3) is 0.581. The molecule has 1 aliphatic rings. The standard InChI is InChI=1S/C9H10F3NO.C9H9FO.C6H13NS.C4H10.C3H6O/c1-2-3-6-4-8(14-9(11)12)13-5-7(6)10;1-6-3-8(5-11)9(10)4-7(6)2;1-6(7-2)3-4-8-5-6;1-4(2)3;1-3(2)4/h4-5,9H,2-3H2,1H3;3-5H,1-2H3;7H,3-5H2,1-2H3;4H,1-3H3;1-2H3. The van der Waals surface area contributed by atoms with Gasteiger partial charge in [-0.2, -0.15) is 20.5 Å². The molecule has 0 bridgehead atoms. The Morgan fingerprint density at radius 2 is 1.66 bits per heavy atom. The second-order valence-electron chi connectivity index (χ2n) is 10.6. The van der Waals surface area contributed by atoms with E-state index in [1.165, 1.54) is 43.9 Å². The average Bonchev–Trinajstić information content (AvgIpc) is 3.30. The number of Topliss-reactive ketones (excluding diaryl/α,β-unsaturated/α-hetero) is 1. The van der Waals surface area contributed by atoms with Crippen molar-refractivity contribution in [2.75, 3.05) is 18.6 Å². The van der Waals surface area contributed by atoms with Crippen molar-refractivity contribution in [1.29, 1.82) is 0 Å².